The van der Waals surface area contributed by atoms with Gasteiger partial charge in [-0.3, -0.25) is 9.59 Å². The molecule has 2 N–H and O–H groups in total. The number of ether oxygens (including phenoxy) is 2. The predicted octanol–water partition coefficient (Wildman–Crippen LogP) is 16.7. The Kier molecular flexibility index (Phi) is 18.4. The van der Waals surface area contributed by atoms with E-state index in [9.17, 15) is 159 Å². The summed E-state index contributed by atoms with van der Waals surface area (Å²) in [6.45, 7) is 0.306. The molecule has 6 nitrogen and oxygen atoms in total. The van der Waals surface area contributed by atoms with Gasteiger partial charge in [-0.15, -0.1) is 0 Å². The topological polar surface area (TPSA) is 76.7 Å². The number of rotatable bonds is 20. The fourth-order valence-corrected chi connectivity index (χ4v) is 5.99. The second kappa shape index (κ2) is 21.0. The van der Waals surface area contributed by atoms with Crippen molar-refractivity contribution in [2.24, 2.45) is 0 Å². The number of benzene rings is 2. The Labute approximate surface area is 427 Å². The van der Waals surface area contributed by atoms with E-state index in [2.05, 4.69) is 9.47 Å². The second-order valence-corrected chi connectivity index (χ2v) is 15.8. The summed E-state index contributed by atoms with van der Waals surface area (Å²) >= 11 is 0. The molecule has 0 heterocycles. The molecule has 476 valence electrons. The van der Waals surface area contributed by atoms with Crippen molar-refractivity contribution in [1.82, 2.24) is 0 Å². The maximum absolute atomic E-state index is 15.2. The number of allylic oxidation sites excluding steroid dienone is 2. The first-order valence-corrected chi connectivity index (χ1v) is 19.3. The summed E-state index contributed by atoms with van der Waals surface area (Å²) < 4.78 is 567. The number of hydrogen-bond donors (Lipinski definition) is 2. The van der Waals surface area contributed by atoms with Crippen molar-refractivity contribution in [1.29, 1.82) is 0 Å². The first-order valence-electron chi connectivity index (χ1n) is 19.3. The van der Waals surface area contributed by atoms with Crippen LogP contribution in [-0.2, 0) is 15.0 Å². The van der Waals surface area contributed by atoms with Crippen molar-refractivity contribution in [3.63, 3.8) is 0 Å². The number of halogens is 40. The van der Waals surface area contributed by atoms with Gasteiger partial charge >= 0.3 is 108 Å². The average molecular weight is 1310 g/mol. The van der Waals surface area contributed by atoms with E-state index in [0.717, 1.165) is 10.6 Å². The molecule has 0 aromatic heterocycles. The van der Waals surface area contributed by atoms with Crippen molar-refractivity contribution in [3.05, 3.63) is 71.2 Å². The summed E-state index contributed by atoms with van der Waals surface area (Å²) in [6, 6.07) is -14.6. The highest BCUT2D eigenvalue weighted by atomic mass is 19.5. The smallest absolute Gasteiger partial charge is 0.427 e. The number of carbonyl (C=O) groups excluding carboxylic acids is 2. The van der Waals surface area contributed by atoms with E-state index >= 15 is 26.3 Å². The molecule has 0 spiro atoms. The summed E-state index contributed by atoms with van der Waals surface area (Å²) in [5.74, 6) is -127. The van der Waals surface area contributed by atoms with Gasteiger partial charge in [0.1, 0.15) is 0 Å². The molecule has 0 saturated heterocycles. The largest absolute Gasteiger partial charge is 0.460 e. The number of nitrogens with one attached hydrogen (secondary N) is 2. The Hall–Kier alpha value is -6.34. The fraction of sp³-hybridized carbons (Fsp3) is 0.514. The molecular formula is C37H14F40N2O4. The maximum Gasteiger partial charge on any atom is 0.460 e. The van der Waals surface area contributed by atoms with E-state index in [1.807, 2.05) is 0 Å². The van der Waals surface area contributed by atoms with Crippen LogP contribution in [0.25, 0.3) is 0 Å². The van der Waals surface area contributed by atoms with Crippen molar-refractivity contribution in [3.8, 4) is 11.5 Å². The zero-order valence-electron chi connectivity index (χ0n) is 37.7. The van der Waals surface area contributed by atoms with Crippen molar-refractivity contribution in [2.75, 3.05) is 10.6 Å². The maximum atomic E-state index is 15.2. The van der Waals surface area contributed by atoms with Crippen LogP contribution in [0.15, 0.2) is 60.1 Å². The number of amides is 2. The van der Waals surface area contributed by atoms with Crippen LogP contribution in [-0.4, -0.2) is 108 Å². The third-order valence-corrected chi connectivity index (χ3v) is 10.3. The van der Waals surface area contributed by atoms with Crippen LogP contribution in [0.3, 0.4) is 0 Å². The predicted molar refractivity (Wildman–Crippen MR) is 186 cm³/mol. The first-order chi connectivity index (χ1) is 36.1. The molecule has 2 aromatic carbocycles. The first kappa shape index (κ1) is 72.8. The highest BCUT2D eigenvalue weighted by Crippen LogP contribution is 2.66. The van der Waals surface area contributed by atoms with E-state index in [1.54, 1.807) is 0 Å². The lowest BCUT2D eigenvalue weighted by Gasteiger charge is -2.41. The molecule has 0 bridgehead atoms. The number of carbonyl (C=O) groups is 2. The molecule has 46 heteroatoms. The van der Waals surface area contributed by atoms with Crippen molar-refractivity contribution < 1.29 is 195 Å². The van der Waals surface area contributed by atoms with Crippen molar-refractivity contribution >= 4 is 23.2 Å². The summed E-state index contributed by atoms with van der Waals surface area (Å²) in [4.78, 5) is 23.4. The Bertz CT molecular complexity index is 2640. The molecule has 0 aliphatic heterocycles. The van der Waals surface area contributed by atoms with Gasteiger partial charge in [0.25, 0.3) is 0 Å². The average Bonchev–Trinajstić information content (AvgIpc) is 3.27. The standard InChI is InChI=1S/C37H14F40N2O4/c1-9(80)78-13-5-3-11(7-15(13)82-19(40)17(38)22(42,43)24(46,47)26(50,51)28(54,55)30(58,59)32(62,63)36(72,73)74)21(34(66,67)68,35(69,70)71)12-4-6-14(79-10(2)81)16(8-12)83-20(41)18(39)23(44,45)25(48,49)27(52,53)29(56,57)31(60,61)33(64,65)37(75,76)77/h3-8H,1-2H3,(H,78,80)(H,79,81). The van der Waals surface area contributed by atoms with E-state index in [0.29, 0.717) is 0 Å². The van der Waals surface area contributed by atoms with Gasteiger partial charge in [0.15, 0.2) is 11.5 Å². The third-order valence-electron chi connectivity index (χ3n) is 10.3. The van der Waals surface area contributed by atoms with Gasteiger partial charge in [0, 0.05) is 13.8 Å². The van der Waals surface area contributed by atoms with Gasteiger partial charge in [0.05, 0.1) is 11.4 Å². The van der Waals surface area contributed by atoms with Crippen molar-refractivity contribution in [2.45, 2.75) is 115 Å². The van der Waals surface area contributed by atoms with Gasteiger partial charge < -0.3 is 20.1 Å². The number of alkyl halides is 36. The van der Waals surface area contributed by atoms with Crippen LogP contribution in [0.2, 0.25) is 0 Å². The highest BCUT2D eigenvalue weighted by Gasteiger charge is 2.95. The van der Waals surface area contributed by atoms with E-state index in [1.165, 1.54) is 0 Å². The summed E-state index contributed by atoms with van der Waals surface area (Å²) in [6.07, 6.45) is -31.4. The Morgan fingerprint density at radius 3 is 0.747 bits per heavy atom. The second-order valence-electron chi connectivity index (χ2n) is 15.8. The number of anilines is 2. The molecular weight excluding hydrogens is 1300 g/mol. The SMILES string of the molecule is CC(=O)Nc1ccc(C(c2ccc(NC(C)=O)c(OC(F)=C(F)C(F)(F)C(F)(F)C(F)(F)C(F)(F)C(F)(F)C(F)(F)C(F)(F)F)c2)(C(F)(F)F)C(F)(F)F)cc1OC(F)=C(F)C(F)(F)C(F)(F)C(F)(F)C(F)(F)C(F)(F)C(F)(F)C(F)(F)F. The van der Waals surface area contributed by atoms with E-state index in [-0.39, 0.29) is 13.8 Å². The van der Waals surface area contributed by atoms with Gasteiger partial charge in [0.2, 0.25) is 28.9 Å². The normalized spacial score (nSPS) is 15.8. The van der Waals surface area contributed by atoms with Crippen LogP contribution in [0.4, 0.5) is 187 Å². The van der Waals surface area contributed by atoms with Gasteiger partial charge in [-0.25, -0.2) is 0 Å². The summed E-state index contributed by atoms with van der Waals surface area (Å²) in [5, 5.41) is 2.19. The molecule has 2 rings (SSSR count). The molecule has 83 heavy (non-hydrogen) atoms. The fourth-order valence-electron chi connectivity index (χ4n) is 5.99. The highest BCUT2D eigenvalue weighted by molar-refractivity contribution is 5.91. The molecule has 0 fully saturated rings. The quantitative estimate of drug-likeness (QED) is 0.102. The Morgan fingerprint density at radius 2 is 0.542 bits per heavy atom. The van der Waals surface area contributed by atoms with Crippen LogP contribution in [0, 0.1) is 0 Å². The molecule has 0 saturated carbocycles. The minimum atomic E-state index is -9.23. The lowest BCUT2D eigenvalue weighted by atomic mass is 9.72. The monoisotopic (exact) mass is 1310 g/mol. The third kappa shape index (κ3) is 10.9. The Balaban J connectivity index is 3.16. The van der Waals surface area contributed by atoms with Gasteiger partial charge in [-0.2, -0.15) is 176 Å². The zero-order chi connectivity index (χ0) is 66.5. The molecule has 0 unspecified atom stereocenters. The zero-order valence-corrected chi connectivity index (χ0v) is 37.7. The molecule has 2 aromatic rings. The lowest BCUT2D eigenvalue weighted by Crippen LogP contribution is -2.72. The number of hydrogen-bond acceptors (Lipinski definition) is 4. The van der Waals surface area contributed by atoms with E-state index in [4.69, 9.17) is 0 Å². The minimum absolute atomic E-state index is 0.153. The molecule has 2 amide bonds. The molecule has 0 atom stereocenters. The molecule has 0 radical (unpaired) electrons. The minimum Gasteiger partial charge on any atom is -0.427 e. The van der Waals surface area contributed by atoms with Gasteiger partial charge in [-0.1, -0.05) is 12.1 Å². The Morgan fingerprint density at radius 1 is 0.325 bits per heavy atom. The van der Waals surface area contributed by atoms with Crippen LogP contribution >= 0.6 is 0 Å². The lowest BCUT2D eigenvalue weighted by molar-refractivity contribution is -0.451. The van der Waals surface area contributed by atoms with Gasteiger partial charge in [-0.05, 0) is 35.4 Å². The van der Waals surface area contributed by atoms with E-state index < -0.39 is 207 Å². The van der Waals surface area contributed by atoms with Crippen LogP contribution in [0.5, 0.6) is 11.5 Å². The van der Waals surface area contributed by atoms with Crippen LogP contribution < -0.4 is 20.1 Å². The summed E-state index contributed by atoms with van der Waals surface area (Å²) in [5.41, 5.74) is -16.5. The molecule has 0 aliphatic rings. The summed E-state index contributed by atoms with van der Waals surface area (Å²) in [7, 11) is 0. The van der Waals surface area contributed by atoms with Crippen LogP contribution in [0.1, 0.15) is 25.0 Å². The molecule has 0 aliphatic carbocycles.